The van der Waals surface area contributed by atoms with Crippen LogP contribution in [0.15, 0.2) is 0 Å². The fraction of sp³-hybridized carbons (Fsp3) is 0.579. The summed E-state index contributed by atoms with van der Waals surface area (Å²) in [6.45, 7) is 9.77. The van der Waals surface area contributed by atoms with Crippen LogP contribution in [0.5, 0.6) is 0 Å². The molecule has 0 spiro atoms. The summed E-state index contributed by atoms with van der Waals surface area (Å²) in [4.78, 5) is 24.7. The number of aryl methyl sites for hydroxylation is 2. The molecule has 0 bridgehead atoms. The van der Waals surface area contributed by atoms with Crippen LogP contribution in [0.3, 0.4) is 0 Å². The molecule has 2 rings (SSSR count). The van der Waals surface area contributed by atoms with Crippen LogP contribution in [0.25, 0.3) is 0 Å². The van der Waals surface area contributed by atoms with Gasteiger partial charge < -0.3 is 10.6 Å². The second-order valence-corrected chi connectivity index (χ2v) is 7.90. The first-order valence-corrected chi connectivity index (χ1v) is 10.3. The van der Waals surface area contributed by atoms with Crippen molar-refractivity contribution in [1.29, 1.82) is 0 Å². The van der Waals surface area contributed by atoms with Gasteiger partial charge in [-0.05, 0) is 34.1 Å². The third kappa shape index (κ3) is 5.96. The number of carbonyl (C=O) groups excluding carboxylic acids is 2. The van der Waals surface area contributed by atoms with Crippen molar-refractivity contribution in [3.05, 3.63) is 32.8 Å². The lowest BCUT2D eigenvalue weighted by atomic mass is 10.1. The maximum Gasteiger partial charge on any atom is 0.242 e. The molecule has 0 saturated heterocycles. The number of carbonyl (C=O) groups is 2. The first-order valence-electron chi connectivity index (χ1n) is 9.59. The molecule has 0 aliphatic heterocycles. The SMILES string of the molecule is CCCC(CNC(=O)Cn1nc(C)c(Cl)c1C)NC(=O)Cn1nc(C)c(Cl)c1C. The summed E-state index contributed by atoms with van der Waals surface area (Å²) in [7, 11) is 0. The predicted molar refractivity (Wildman–Crippen MR) is 113 cm³/mol. The lowest BCUT2D eigenvalue weighted by Gasteiger charge is -2.19. The van der Waals surface area contributed by atoms with Gasteiger partial charge in [0.1, 0.15) is 13.1 Å². The zero-order valence-corrected chi connectivity index (χ0v) is 19.0. The van der Waals surface area contributed by atoms with E-state index in [-0.39, 0.29) is 30.9 Å². The van der Waals surface area contributed by atoms with Crippen molar-refractivity contribution < 1.29 is 9.59 Å². The topological polar surface area (TPSA) is 93.8 Å². The van der Waals surface area contributed by atoms with Crippen LogP contribution >= 0.6 is 23.2 Å². The highest BCUT2D eigenvalue weighted by atomic mass is 35.5. The van der Waals surface area contributed by atoms with Gasteiger partial charge in [0.2, 0.25) is 11.8 Å². The van der Waals surface area contributed by atoms with Crippen molar-refractivity contribution in [1.82, 2.24) is 30.2 Å². The predicted octanol–water partition coefficient (Wildman–Crippen LogP) is 2.72. The highest BCUT2D eigenvalue weighted by Gasteiger charge is 2.17. The average molecular weight is 443 g/mol. The molecule has 0 fully saturated rings. The van der Waals surface area contributed by atoms with Crippen LogP contribution in [0.2, 0.25) is 10.0 Å². The Morgan fingerprint density at radius 2 is 1.41 bits per heavy atom. The summed E-state index contributed by atoms with van der Waals surface area (Å²) in [6.07, 6.45) is 1.62. The molecular formula is C19H28Cl2N6O2. The maximum absolute atomic E-state index is 12.4. The average Bonchev–Trinajstić information content (AvgIpc) is 3.04. The maximum atomic E-state index is 12.4. The smallest absolute Gasteiger partial charge is 0.242 e. The minimum atomic E-state index is -0.187. The Kier molecular flexibility index (Phi) is 8.10. The molecule has 0 aromatic carbocycles. The first kappa shape index (κ1) is 23.2. The molecule has 0 saturated carbocycles. The Balaban J connectivity index is 1.90. The van der Waals surface area contributed by atoms with Crippen LogP contribution in [-0.2, 0) is 22.7 Å². The monoisotopic (exact) mass is 442 g/mol. The largest absolute Gasteiger partial charge is 0.352 e. The number of rotatable bonds is 9. The molecule has 8 nitrogen and oxygen atoms in total. The number of amides is 2. The van der Waals surface area contributed by atoms with Gasteiger partial charge >= 0.3 is 0 Å². The minimum absolute atomic E-state index is 0.0798. The molecule has 2 N–H and O–H groups in total. The number of hydrogen-bond acceptors (Lipinski definition) is 4. The van der Waals surface area contributed by atoms with Crippen molar-refractivity contribution in [3.8, 4) is 0 Å². The van der Waals surface area contributed by atoms with Crippen LogP contribution in [-0.4, -0.2) is 44.0 Å². The summed E-state index contributed by atoms with van der Waals surface area (Å²) < 4.78 is 3.16. The number of halogens is 2. The van der Waals surface area contributed by atoms with Gasteiger partial charge in [0.15, 0.2) is 0 Å². The van der Waals surface area contributed by atoms with Gasteiger partial charge in [-0.15, -0.1) is 0 Å². The van der Waals surface area contributed by atoms with E-state index in [4.69, 9.17) is 23.2 Å². The van der Waals surface area contributed by atoms with Crippen LogP contribution < -0.4 is 10.6 Å². The Morgan fingerprint density at radius 3 is 1.83 bits per heavy atom. The highest BCUT2D eigenvalue weighted by molar-refractivity contribution is 6.32. The van der Waals surface area contributed by atoms with Crippen molar-refractivity contribution in [3.63, 3.8) is 0 Å². The van der Waals surface area contributed by atoms with E-state index < -0.39 is 0 Å². The zero-order valence-electron chi connectivity index (χ0n) is 17.5. The lowest BCUT2D eigenvalue weighted by Crippen LogP contribution is -2.45. The number of aromatic nitrogens is 4. The Labute approximate surface area is 180 Å². The second kappa shape index (κ2) is 10.1. The Morgan fingerprint density at radius 1 is 0.931 bits per heavy atom. The van der Waals surface area contributed by atoms with Gasteiger partial charge in [0.05, 0.1) is 32.8 Å². The second-order valence-electron chi connectivity index (χ2n) is 7.14. The van der Waals surface area contributed by atoms with Gasteiger partial charge in [-0.1, -0.05) is 36.5 Å². The van der Waals surface area contributed by atoms with Crippen LogP contribution in [0.1, 0.15) is 42.5 Å². The quantitative estimate of drug-likeness (QED) is 0.623. The molecule has 1 unspecified atom stereocenters. The standard InChI is InChI=1S/C19H28Cl2N6O2/c1-6-7-15(23-17(29)10-27-14(5)19(21)12(3)25-27)8-22-16(28)9-26-13(4)18(20)11(2)24-26/h15H,6-10H2,1-5H3,(H,22,28)(H,23,29). The highest BCUT2D eigenvalue weighted by Crippen LogP contribution is 2.19. The van der Waals surface area contributed by atoms with Crippen molar-refractivity contribution in [2.75, 3.05) is 6.54 Å². The van der Waals surface area contributed by atoms with Crippen LogP contribution in [0.4, 0.5) is 0 Å². The van der Waals surface area contributed by atoms with Gasteiger partial charge in [-0.2, -0.15) is 10.2 Å². The number of nitrogens with zero attached hydrogens (tertiary/aromatic N) is 4. The van der Waals surface area contributed by atoms with E-state index in [1.165, 1.54) is 0 Å². The fourth-order valence-electron chi connectivity index (χ4n) is 3.07. The normalized spacial score (nSPS) is 12.1. The van der Waals surface area contributed by atoms with E-state index in [9.17, 15) is 9.59 Å². The van der Waals surface area contributed by atoms with Gasteiger partial charge in [-0.25, -0.2) is 0 Å². The first-order chi connectivity index (χ1) is 13.6. The molecule has 0 aliphatic carbocycles. The molecule has 10 heteroatoms. The third-order valence-corrected chi connectivity index (χ3v) is 5.81. The molecule has 0 radical (unpaired) electrons. The van der Waals surface area contributed by atoms with Gasteiger partial charge in [0, 0.05) is 12.6 Å². The van der Waals surface area contributed by atoms with E-state index in [2.05, 4.69) is 20.8 Å². The van der Waals surface area contributed by atoms with Crippen molar-refractivity contribution >= 4 is 35.0 Å². The summed E-state index contributed by atoms with van der Waals surface area (Å²) in [5.74, 6) is -0.363. The molecule has 2 aromatic rings. The number of hydrogen-bond donors (Lipinski definition) is 2. The molecule has 2 heterocycles. The summed E-state index contributed by atoms with van der Waals surface area (Å²) in [5, 5.41) is 15.5. The van der Waals surface area contributed by atoms with E-state index in [0.717, 1.165) is 24.2 Å². The molecule has 1 atom stereocenters. The summed E-state index contributed by atoms with van der Waals surface area (Å²) in [5.41, 5.74) is 2.89. The van der Waals surface area contributed by atoms with Crippen molar-refractivity contribution in [2.24, 2.45) is 0 Å². The molecule has 0 aliphatic rings. The molecule has 160 valence electrons. The number of nitrogens with one attached hydrogen (secondary N) is 2. The molecular weight excluding hydrogens is 415 g/mol. The van der Waals surface area contributed by atoms with Gasteiger partial charge in [-0.3, -0.25) is 19.0 Å². The van der Waals surface area contributed by atoms with Crippen LogP contribution in [0, 0.1) is 27.7 Å². The van der Waals surface area contributed by atoms with Crippen molar-refractivity contribution in [2.45, 2.75) is 66.6 Å². The molecule has 2 amide bonds. The Bertz CT molecular complexity index is 890. The summed E-state index contributed by atoms with van der Waals surface area (Å²) in [6, 6.07) is -0.173. The Hall–Kier alpha value is -2.06. The molecule has 2 aromatic heterocycles. The van der Waals surface area contributed by atoms with E-state index in [0.29, 0.717) is 28.0 Å². The van der Waals surface area contributed by atoms with E-state index in [1.807, 2.05) is 20.8 Å². The minimum Gasteiger partial charge on any atom is -0.352 e. The summed E-state index contributed by atoms with van der Waals surface area (Å²) >= 11 is 12.3. The fourth-order valence-corrected chi connectivity index (χ4v) is 3.34. The third-order valence-electron chi connectivity index (χ3n) is 4.72. The van der Waals surface area contributed by atoms with E-state index >= 15 is 0 Å². The lowest BCUT2D eigenvalue weighted by molar-refractivity contribution is -0.124. The zero-order chi connectivity index (χ0) is 21.7. The van der Waals surface area contributed by atoms with Gasteiger partial charge in [0.25, 0.3) is 0 Å². The molecule has 29 heavy (non-hydrogen) atoms. The van der Waals surface area contributed by atoms with E-state index in [1.54, 1.807) is 23.2 Å².